The standard InChI is InChI=1S/C27H35F3N4O4/c1-17-20(6-5-7-22(17)27(28,29)30)18(2)32-25(36)21-13-34(19-8-10-38-11-9-19)24(35)12-23(21)31-14-26(37-4)15-33(3)16-26/h5-7,12-13,18-19,31H,8-11,14-16H2,1-4H3,(H,32,36). The summed E-state index contributed by atoms with van der Waals surface area (Å²) in [5, 5.41) is 6.08. The molecule has 38 heavy (non-hydrogen) atoms. The van der Waals surface area contributed by atoms with E-state index < -0.39 is 29.3 Å². The van der Waals surface area contributed by atoms with Gasteiger partial charge in [-0.15, -0.1) is 0 Å². The number of amides is 1. The van der Waals surface area contributed by atoms with Gasteiger partial charge in [-0.2, -0.15) is 13.2 Å². The van der Waals surface area contributed by atoms with Crippen LogP contribution in [-0.4, -0.2) is 68.0 Å². The molecular weight excluding hydrogens is 501 g/mol. The number of benzene rings is 1. The predicted molar refractivity (Wildman–Crippen MR) is 138 cm³/mol. The molecule has 0 aliphatic carbocycles. The van der Waals surface area contributed by atoms with Crippen LogP contribution in [0.15, 0.2) is 35.3 Å². The van der Waals surface area contributed by atoms with Crippen molar-refractivity contribution in [2.45, 2.75) is 50.6 Å². The van der Waals surface area contributed by atoms with E-state index in [0.717, 1.165) is 6.07 Å². The Morgan fingerprint density at radius 2 is 1.95 bits per heavy atom. The molecule has 2 saturated heterocycles. The summed E-state index contributed by atoms with van der Waals surface area (Å²) in [5.74, 6) is -0.491. The first-order valence-corrected chi connectivity index (χ1v) is 12.7. The lowest BCUT2D eigenvalue weighted by Gasteiger charge is -2.47. The Bertz CT molecular complexity index is 1220. The number of hydrogen-bond acceptors (Lipinski definition) is 6. The number of hydrogen-bond donors (Lipinski definition) is 2. The normalized spacial score (nSPS) is 19.0. The molecule has 2 aliphatic rings. The number of nitrogens with one attached hydrogen (secondary N) is 2. The molecular formula is C27H35F3N4O4. The number of rotatable bonds is 8. The number of anilines is 1. The molecule has 1 aromatic carbocycles. The van der Waals surface area contributed by atoms with Gasteiger partial charge in [-0.1, -0.05) is 12.1 Å². The largest absolute Gasteiger partial charge is 0.416 e. The smallest absolute Gasteiger partial charge is 0.381 e. The summed E-state index contributed by atoms with van der Waals surface area (Å²) >= 11 is 0. The fourth-order valence-electron chi connectivity index (χ4n) is 5.41. The van der Waals surface area contributed by atoms with Crippen molar-refractivity contribution in [3.05, 3.63) is 63.1 Å². The third-order valence-corrected chi connectivity index (χ3v) is 7.55. The minimum Gasteiger partial charge on any atom is -0.381 e. The minimum atomic E-state index is -4.49. The zero-order valence-electron chi connectivity index (χ0n) is 22.2. The van der Waals surface area contributed by atoms with E-state index in [9.17, 15) is 22.8 Å². The molecule has 1 unspecified atom stereocenters. The number of methoxy groups -OCH3 is 1. The van der Waals surface area contributed by atoms with Gasteiger partial charge in [0.2, 0.25) is 0 Å². The van der Waals surface area contributed by atoms with Crippen LogP contribution in [0.4, 0.5) is 18.9 Å². The SMILES string of the molecule is COC1(CNc2cc(=O)n(C3CCOCC3)cc2C(=O)NC(C)c2cccc(C(F)(F)F)c2C)CN(C)C1. The zero-order chi connectivity index (χ0) is 27.7. The summed E-state index contributed by atoms with van der Waals surface area (Å²) in [6, 6.07) is 4.55. The van der Waals surface area contributed by atoms with Gasteiger partial charge in [0.25, 0.3) is 11.5 Å². The first-order valence-electron chi connectivity index (χ1n) is 12.7. The number of likely N-dealkylation sites (tertiary alicyclic amines) is 1. The highest BCUT2D eigenvalue weighted by molar-refractivity contribution is 5.99. The first kappa shape index (κ1) is 28.1. The van der Waals surface area contributed by atoms with E-state index in [2.05, 4.69) is 15.5 Å². The van der Waals surface area contributed by atoms with E-state index in [-0.39, 0.29) is 22.7 Å². The van der Waals surface area contributed by atoms with E-state index in [1.807, 2.05) is 7.05 Å². The molecule has 1 amide bonds. The third-order valence-electron chi connectivity index (χ3n) is 7.55. The van der Waals surface area contributed by atoms with Gasteiger partial charge in [-0.3, -0.25) is 9.59 Å². The average Bonchev–Trinajstić information content (AvgIpc) is 2.85. The van der Waals surface area contributed by atoms with Crippen LogP contribution >= 0.6 is 0 Å². The number of nitrogens with zero attached hydrogens (tertiary/aromatic N) is 2. The summed E-state index contributed by atoms with van der Waals surface area (Å²) in [5.41, 5.74) is -0.385. The van der Waals surface area contributed by atoms with Gasteiger partial charge in [-0.05, 0) is 50.9 Å². The van der Waals surface area contributed by atoms with Crippen LogP contribution in [0.2, 0.25) is 0 Å². The molecule has 0 spiro atoms. The third kappa shape index (κ3) is 5.89. The second-order valence-corrected chi connectivity index (χ2v) is 10.3. The average molecular weight is 537 g/mol. The van der Waals surface area contributed by atoms with Crippen LogP contribution in [-0.2, 0) is 15.7 Å². The molecule has 11 heteroatoms. The Morgan fingerprint density at radius 3 is 2.55 bits per heavy atom. The number of carbonyl (C=O) groups excluding carboxylic acids is 1. The van der Waals surface area contributed by atoms with Gasteiger partial charge in [0.15, 0.2) is 0 Å². The van der Waals surface area contributed by atoms with Crippen molar-refractivity contribution in [1.82, 2.24) is 14.8 Å². The Labute approximate surface area is 220 Å². The van der Waals surface area contributed by atoms with Crippen LogP contribution in [0, 0.1) is 6.92 Å². The molecule has 0 bridgehead atoms. The second-order valence-electron chi connectivity index (χ2n) is 10.3. The highest BCUT2D eigenvalue weighted by Gasteiger charge is 2.41. The second kappa shape index (κ2) is 11.1. The monoisotopic (exact) mass is 536 g/mol. The van der Waals surface area contributed by atoms with Gasteiger partial charge < -0.3 is 29.6 Å². The fourth-order valence-corrected chi connectivity index (χ4v) is 5.41. The molecule has 2 aromatic rings. The molecule has 8 nitrogen and oxygen atoms in total. The van der Waals surface area contributed by atoms with Crippen molar-refractivity contribution < 1.29 is 27.4 Å². The summed E-state index contributed by atoms with van der Waals surface area (Å²) in [4.78, 5) is 28.7. The van der Waals surface area contributed by atoms with Crippen LogP contribution < -0.4 is 16.2 Å². The van der Waals surface area contributed by atoms with Crippen molar-refractivity contribution in [2.75, 3.05) is 52.3 Å². The number of halogens is 3. The van der Waals surface area contributed by atoms with E-state index in [1.54, 1.807) is 30.9 Å². The highest BCUT2D eigenvalue weighted by Crippen LogP contribution is 2.34. The molecule has 2 N–H and O–H groups in total. The summed E-state index contributed by atoms with van der Waals surface area (Å²) in [6.45, 7) is 5.87. The molecule has 0 saturated carbocycles. The molecule has 2 fully saturated rings. The van der Waals surface area contributed by atoms with Gasteiger partial charge in [0, 0.05) is 58.3 Å². The molecule has 1 atom stereocenters. The molecule has 4 rings (SSSR count). The molecule has 0 radical (unpaired) electrons. The Kier molecular flexibility index (Phi) is 8.20. The summed E-state index contributed by atoms with van der Waals surface area (Å²) in [7, 11) is 3.60. The van der Waals surface area contributed by atoms with Crippen molar-refractivity contribution in [3.63, 3.8) is 0 Å². The van der Waals surface area contributed by atoms with Crippen LogP contribution in [0.5, 0.6) is 0 Å². The van der Waals surface area contributed by atoms with Crippen molar-refractivity contribution >= 4 is 11.6 Å². The minimum absolute atomic E-state index is 0.0643. The lowest BCUT2D eigenvalue weighted by molar-refractivity contribution is -0.138. The number of alkyl halides is 3. The predicted octanol–water partition coefficient (Wildman–Crippen LogP) is 3.76. The molecule has 208 valence electrons. The van der Waals surface area contributed by atoms with Gasteiger partial charge >= 0.3 is 6.18 Å². The Hall–Kier alpha value is -2.89. The Balaban J connectivity index is 1.63. The molecule has 3 heterocycles. The number of pyridine rings is 1. The zero-order valence-corrected chi connectivity index (χ0v) is 22.2. The van der Waals surface area contributed by atoms with E-state index in [0.29, 0.717) is 56.9 Å². The van der Waals surface area contributed by atoms with Crippen molar-refractivity contribution in [2.24, 2.45) is 0 Å². The van der Waals surface area contributed by atoms with E-state index in [4.69, 9.17) is 9.47 Å². The maximum Gasteiger partial charge on any atom is 0.416 e. The van der Waals surface area contributed by atoms with Gasteiger partial charge in [-0.25, -0.2) is 0 Å². The molecule has 1 aromatic heterocycles. The maximum atomic E-state index is 13.6. The van der Waals surface area contributed by atoms with Crippen molar-refractivity contribution in [3.8, 4) is 0 Å². The summed E-state index contributed by atoms with van der Waals surface area (Å²) < 4.78 is 53.0. The van der Waals surface area contributed by atoms with Crippen LogP contribution in [0.1, 0.15) is 58.9 Å². The van der Waals surface area contributed by atoms with E-state index in [1.165, 1.54) is 19.1 Å². The number of likely N-dealkylation sites (N-methyl/N-ethyl adjacent to an activating group) is 1. The topological polar surface area (TPSA) is 84.8 Å². The first-order chi connectivity index (χ1) is 17.9. The quantitative estimate of drug-likeness (QED) is 0.535. The molecule has 2 aliphatic heterocycles. The van der Waals surface area contributed by atoms with Crippen LogP contribution in [0.25, 0.3) is 0 Å². The number of carbonyl (C=O) groups is 1. The van der Waals surface area contributed by atoms with Gasteiger partial charge in [0.05, 0.1) is 22.9 Å². The summed E-state index contributed by atoms with van der Waals surface area (Å²) in [6.07, 6.45) is -1.65. The fraction of sp³-hybridized carbons (Fsp3) is 0.556. The Morgan fingerprint density at radius 1 is 1.26 bits per heavy atom. The number of aromatic nitrogens is 1. The van der Waals surface area contributed by atoms with Crippen LogP contribution in [0.3, 0.4) is 0 Å². The van der Waals surface area contributed by atoms with E-state index >= 15 is 0 Å². The van der Waals surface area contributed by atoms with Gasteiger partial charge in [0.1, 0.15) is 5.60 Å². The lowest BCUT2D eigenvalue weighted by Crippen LogP contribution is -2.64. The maximum absolute atomic E-state index is 13.6. The highest BCUT2D eigenvalue weighted by atomic mass is 19.4. The lowest BCUT2D eigenvalue weighted by atomic mass is 9.94. The number of ether oxygens (including phenoxy) is 2. The van der Waals surface area contributed by atoms with Crippen molar-refractivity contribution in [1.29, 1.82) is 0 Å².